The van der Waals surface area contributed by atoms with Gasteiger partial charge in [0.1, 0.15) is 12.6 Å². The number of anilines is 1. The number of benzene rings is 2. The number of nitrogens with one attached hydrogen (secondary N) is 1. The smallest absolute Gasteiger partial charge is 0.244 e. The second kappa shape index (κ2) is 10.8. The maximum Gasteiger partial charge on any atom is 0.244 e. The lowest BCUT2D eigenvalue weighted by molar-refractivity contribution is -0.139. The second-order valence-corrected chi connectivity index (χ2v) is 10.1. The molecule has 1 N–H and O–H groups in total. The van der Waals surface area contributed by atoms with Gasteiger partial charge in [-0.1, -0.05) is 45.8 Å². The van der Waals surface area contributed by atoms with Crippen LogP contribution in [0.4, 0.5) is 5.69 Å². The first-order valence-corrected chi connectivity index (χ1v) is 12.5. The number of nitrogens with zero attached hydrogens (tertiary/aromatic N) is 2. The molecular weight excluding hydrogens is 482 g/mol. The summed E-state index contributed by atoms with van der Waals surface area (Å²) in [6.45, 7) is 5.62. The van der Waals surface area contributed by atoms with Crippen LogP contribution >= 0.6 is 15.9 Å². The molecule has 1 atom stereocenters. The van der Waals surface area contributed by atoms with Gasteiger partial charge in [0.05, 0.1) is 11.9 Å². The van der Waals surface area contributed by atoms with Crippen LogP contribution in [-0.4, -0.2) is 50.5 Å². The summed E-state index contributed by atoms with van der Waals surface area (Å²) < 4.78 is 26.7. The Bertz CT molecular complexity index is 1010. The van der Waals surface area contributed by atoms with Gasteiger partial charge in [-0.2, -0.15) is 0 Å². The molecule has 0 unspecified atom stereocenters. The van der Waals surface area contributed by atoms with Gasteiger partial charge in [0, 0.05) is 17.6 Å². The molecule has 0 fully saturated rings. The van der Waals surface area contributed by atoms with Crippen molar-refractivity contribution in [2.45, 2.75) is 33.4 Å². The van der Waals surface area contributed by atoms with Gasteiger partial charge in [-0.05, 0) is 50.6 Å². The van der Waals surface area contributed by atoms with Gasteiger partial charge in [-0.25, -0.2) is 8.42 Å². The van der Waals surface area contributed by atoms with Gasteiger partial charge >= 0.3 is 0 Å². The number of amides is 2. The van der Waals surface area contributed by atoms with E-state index in [2.05, 4.69) is 21.2 Å². The number of hydrogen-bond acceptors (Lipinski definition) is 4. The van der Waals surface area contributed by atoms with Gasteiger partial charge in [-0.3, -0.25) is 13.9 Å². The molecule has 0 aliphatic carbocycles. The van der Waals surface area contributed by atoms with E-state index in [1.165, 1.54) is 4.90 Å². The topological polar surface area (TPSA) is 86.8 Å². The predicted molar refractivity (Wildman–Crippen MR) is 126 cm³/mol. The van der Waals surface area contributed by atoms with E-state index in [9.17, 15) is 18.0 Å². The summed E-state index contributed by atoms with van der Waals surface area (Å²) in [6.07, 6.45) is 1.06. The molecule has 2 amide bonds. The lowest BCUT2D eigenvalue weighted by atomic mass is 10.1. The van der Waals surface area contributed by atoms with E-state index in [-0.39, 0.29) is 12.5 Å². The molecule has 9 heteroatoms. The minimum atomic E-state index is -3.72. The highest BCUT2D eigenvalue weighted by molar-refractivity contribution is 9.10. The Kier molecular flexibility index (Phi) is 8.64. The molecule has 2 rings (SSSR count). The highest BCUT2D eigenvalue weighted by atomic mass is 79.9. The predicted octanol–water partition coefficient (Wildman–Crippen LogP) is 3.08. The third kappa shape index (κ3) is 7.07. The average molecular weight is 510 g/mol. The fourth-order valence-electron chi connectivity index (χ4n) is 3.02. The summed E-state index contributed by atoms with van der Waals surface area (Å²) in [5.41, 5.74) is 2.31. The molecule has 0 saturated heterocycles. The van der Waals surface area contributed by atoms with Crippen molar-refractivity contribution in [3.05, 3.63) is 64.1 Å². The van der Waals surface area contributed by atoms with Crippen LogP contribution < -0.4 is 9.62 Å². The van der Waals surface area contributed by atoms with Gasteiger partial charge in [-0.15, -0.1) is 0 Å². The lowest BCUT2D eigenvalue weighted by Crippen LogP contribution is -2.51. The molecule has 0 bridgehead atoms. The number of rotatable bonds is 9. The van der Waals surface area contributed by atoms with Crippen molar-refractivity contribution >= 4 is 43.5 Å². The van der Waals surface area contributed by atoms with Crippen LogP contribution in [0, 0.1) is 6.92 Å². The third-order valence-corrected chi connectivity index (χ3v) is 6.45. The molecule has 0 spiro atoms. The molecule has 2 aromatic carbocycles. The summed E-state index contributed by atoms with van der Waals surface area (Å²) in [5.74, 6) is -0.759. The van der Waals surface area contributed by atoms with Crippen molar-refractivity contribution in [2.24, 2.45) is 0 Å². The van der Waals surface area contributed by atoms with Crippen LogP contribution in [0.15, 0.2) is 53.0 Å². The molecule has 0 saturated carbocycles. The fourth-order valence-corrected chi connectivity index (χ4v) is 4.13. The van der Waals surface area contributed by atoms with Crippen molar-refractivity contribution in [1.82, 2.24) is 10.2 Å². The molecule has 2 aromatic rings. The first-order valence-electron chi connectivity index (χ1n) is 9.89. The zero-order valence-corrected chi connectivity index (χ0v) is 20.5. The SMILES string of the molecule is CCNC(=O)[C@@H](C)N(Cc1ccc(C)cc1)C(=O)CN(c1ccc(Br)cc1)S(C)(=O)=O. The van der Waals surface area contributed by atoms with E-state index in [1.807, 2.05) is 31.2 Å². The summed E-state index contributed by atoms with van der Waals surface area (Å²) in [6, 6.07) is 13.5. The normalized spacial score (nSPS) is 12.2. The number of carbonyl (C=O) groups is 2. The van der Waals surface area contributed by atoms with Crippen LogP contribution in [0.2, 0.25) is 0 Å². The highest BCUT2D eigenvalue weighted by Gasteiger charge is 2.29. The average Bonchev–Trinajstić information content (AvgIpc) is 2.71. The Hall–Kier alpha value is -2.39. The summed E-state index contributed by atoms with van der Waals surface area (Å²) in [7, 11) is -3.72. The van der Waals surface area contributed by atoms with Gasteiger partial charge in [0.2, 0.25) is 21.8 Å². The number of halogens is 1. The maximum absolute atomic E-state index is 13.3. The standard InChI is InChI=1S/C22H28BrN3O4S/c1-5-24-22(28)17(3)25(14-18-8-6-16(2)7-9-18)21(27)15-26(31(4,29)30)20-12-10-19(23)11-13-20/h6-13,17H,5,14-15H2,1-4H3,(H,24,28)/t17-/m1/s1. The van der Waals surface area contributed by atoms with E-state index in [0.717, 1.165) is 26.2 Å². The molecule has 168 valence electrons. The van der Waals surface area contributed by atoms with Gasteiger partial charge in [0.25, 0.3) is 0 Å². The Morgan fingerprint density at radius 1 is 1.06 bits per heavy atom. The minimum absolute atomic E-state index is 0.190. The monoisotopic (exact) mass is 509 g/mol. The van der Waals surface area contributed by atoms with Crippen LogP contribution in [0.5, 0.6) is 0 Å². The van der Waals surface area contributed by atoms with Crippen molar-refractivity contribution in [1.29, 1.82) is 0 Å². The molecular formula is C22H28BrN3O4S. The van der Waals surface area contributed by atoms with E-state index < -0.39 is 28.5 Å². The van der Waals surface area contributed by atoms with E-state index >= 15 is 0 Å². The van der Waals surface area contributed by atoms with Crippen molar-refractivity contribution in [2.75, 3.05) is 23.7 Å². The number of likely N-dealkylation sites (N-methyl/N-ethyl adjacent to an activating group) is 1. The van der Waals surface area contributed by atoms with E-state index in [0.29, 0.717) is 12.2 Å². The van der Waals surface area contributed by atoms with Crippen LogP contribution in [-0.2, 0) is 26.2 Å². The first kappa shape index (κ1) is 24.9. The van der Waals surface area contributed by atoms with E-state index in [4.69, 9.17) is 0 Å². The lowest BCUT2D eigenvalue weighted by Gasteiger charge is -2.31. The zero-order valence-electron chi connectivity index (χ0n) is 18.1. The van der Waals surface area contributed by atoms with Crippen LogP contribution in [0.1, 0.15) is 25.0 Å². The summed E-state index contributed by atoms with van der Waals surface area (Å²) in [4.78, 5) is 27.2. The molecule has 0 aliphatic rings. The van der Waals surface area contributed by atoms with Gasteiger partial charge < -0.3 is 10.2 Å². The maximum atomic E-state index is 13.3. The summed E-state index contributed by atoms with van der Waals surface area (Å²) >= 11 is 3.32. The molecule has 0 heterocycles. The number of hydrogen-bond donors (Lipinski definition) is 1. The quantitative estimate of drug-likeness (QED) is 0.562. The Morgan fingerprint density at radius 3 is 2.16 bits per heavy atom. The van der Waals surface area contributed by atoms with Crippen molar-refractivity contribution < 1.29 is 18.0 Å². The Labute approximate surface area is 192 Å². The third-order valence-electron chi connectivity index (χ3n) is 4.79. The fraction of sp³-hybridized carbons (Fsp3) is 0.364. The summed E-state index contributed by atoms with van der Waals surface area (Å²) in [5, 5.41) is 2.73. The number of sulfonamides is 1. The molecule has 0 radical (unpaired) electrons. The van der Waals surface area contributed by atoms with Crippen molar-refractivity contribution in [3.63, 3.8) is 0 Å². The molecule has 0 aliphatic heterocycles. The zero-order chi connectivity index (χ0) is 23.2. The van der Waals surface area contributed by atoms with Crippen LogP contribution in [0.3, 0.4) is 0 Å². The number of carbonyl (C=O) groups excluding carboxylic acids is 2. The van der Waals surface area contributed by atoms with Crippen molar-refractivity contribution in [3.8, 4) is 0 Å². The Balaban J connectivity index is 2.35. The second-order valence-electron chi connectivity index (χ2n) is 7.32. The minimum Gasteiger partial charge on any atom is -0.355 e. The van der Waals surface area contributed by atoms with E-state index in [1.54, 1.807) is 38.1 Å². The highest BCUT2D eigenvalue weighted by Crippen LogP contribution is 2.21. The molecule has 0 aromatic heterocycles. The van der Waals surface area contributed by atoms with Gasteiger partial charge in [0.15, 0.2) is 0 Å². The molecule has 31 heavy (non-hydrogen) atoms. The van der Waals surface area contributed by atoms with Crippen LogP contribution in [0.25, 0.3) is 0 Å². The Morgan fingerprint density at radius 2 is 1.65 bits per heavy atom. The first-order chi connectivity index (χ1) is 14.5. The largest absolute Gasteiger partial charge is 0.355 e. The number of aryl methyl sites for hydroxylation is 1. The molecule has 7 nitrogen and oxygen atoms in total.